The second-order valence-electron chi connectivity index (χ2n) is 5.98. The molecule has 0 saturated heterocycles. The Morgan fingerprint density at radius 3 is 2.08 bits per heavy atom. The standard InChI is InChI=1S/C19H22N4O2/c1-12(2)18(24)21-17-10-6-15(7-11-17)19(25)23-22-13(3)14-4-8-16(20)9-5-14/h4-12H,20H2,1-3H3,(H,21,24)(H,23,25)/b22-13+. The molecule has 0 heterocycles. The molecule has 0 saturated carbocycles. The van der Waals surface area contributed by atoms with Crippen LogP contribution in [-0.2, 0) is 4.79 Å². The summed E-state index contributed by atoms with van der Waals surface area (Å²) in [4.78, 5) is 23.8. The van der Waals surface area contributed by atoms with Gasteiger partial charge in [-0.05, 0) is 48.9 Å². The SMILES string of the molecule is C/C(=N\NC(=O)c1ccc(NC(=O)C(C)C)cc1)c1ccc(N)cc1. The van der Waals surface area contributed by atoms with Crippen LogP contribution < -0.4 is 16.5 Å². The monoisotopic (exact) mass is 338 g/mol. The molecule has 6 nitrogen and oxygen atoms in total. The van der Waals surface area contributed by atoms with Gasteiger partial charge in [0.1, 0.15) is 0 Å². The molecule has 2 aromatic carbocycles. The van der Waals surface area contributed by atoms with Gasteiger partial charge < -0.3 is 11.1 Å². The van der Waals surface area contributed by atoms with Crippen molar-refractivity contribution in [3.63, 3.8) is 0 Å². The fraction of sp³-hybridized carbons (Fsp3) is 0.211. The van der Waals surface area contributed by atoms with E-state index in [0.29, 0.717) is 22.6 Å². The molecule has 0 aliphatic carbocycles. The number of hydrazone groups is 1. The van der Waals surface area contributed by atoms with E-state index < -0.39 is 0 Å². The highest BCUT2D eigenvalue weighted by molar-refractivity contribution is 6.01. The molecule has 0 aromatic heterocycles. The lowest BCUT2D eigenvalue weighted by Crippen LogP contribution is -2.20. The number of nitrogen functional groups attached to an aromatic ring is 1. The van der Waals surface area contributed by atoms with Gasteiger partial charge in [-0.2, -0.15) is 5.10 Å². The average Bonchev–Trinajstić information content (AvgIpc) is 2.60. The van der Waals surface area contributed by atoms with Crippen molar-refractivity contribution < 1.29 is 9.59 Å². The van der Waals surface area contributed by atoms with Crippen LogP contribution in [0.4, 0.5) is 11.4 Å². The van der Waals surface area contributed by atoms with Gasteiger partial charge in [-0.1, -0.05) is 26.0 Å². The van der Waals surface area contributed by atoms with Crippen molar-refractivity contribution in [3.8, 4) is 0 Å². The number of rotatable bonds is 5. The second kappa shape index (κ2) is 8.10. The van der Waals surface area contributed by atoms with Gasteiger partial charge in [0.05, 0.1) is 5.71 Å². The first-order valence-corrected chi connectivity index (χ1v) is 7.98. The molecule has 25 heavy (non-hydrogen) atoms. The van der Waals surface area contributed by atoms with Crippen LogP contribution in [0.1, 0.15) is 36.7 Å². The minimum atomic E-state index is -0.323. The van der Waals surface area contributed by atoms with E-state index in [1.165, 1.54) is 0 Å². The predicted octanol–water partition coefficient (Wildman–Crippen LogP) is 3.02. The van der Waals surface area contributed by atoms with Crippen molar-refractivity contribution in [2.24, 2.45) is 11.0 Å². The van der Waals surface area contributed by atoms with Crippen molar-refractivity contribution in [2.75, 3.05) is 11.1 Å². The fourth-order valence-electron chi connectivity index (χ4n) is 1.98. The zero-order chi connectivity index (χ0) is 18.4. The topological polar surface area (TPSA) is 96.6 Å². The van der Waals surface area contributed by atoms with Gasteiger partial charge in [0.25, 0.3) is 5.91 Å². The summed E-state index contributed by atoms with van der Waals surface area (Å²) in [7, 11) is 0. The number of nitrogens with zero attached hydrogens (tertiary/aromatic N) is 1. The summed E-state index contributed by atoms with van der Waals surface area (Å²) in [5.41, 5.74) is 11.5. The van der Waals surface area contributed by atoms with Crippen LogP contribution in [0.2, 0.25) is 0 Å². The molecule has 130 valence electrons. The van der Waals surface area contributed by atoms with Crippen LogP contribution in [0.3, 0.4) is 0 Å². The average molecular weight is 338 g/mol. The molecule has 2 aromatic rings. The normalized spacial score (nSPS) is 11.3. The maximum absolute atomic E-state index is 12.2. The van der Waals surface area contributed by atoms with Crippen LogP contribution in [0, 0.1) is 5.92 Å². The molecule has 0 radical (unpaired) electrons. The number of hydrogen-bond acceptors (Lipinski definition) is 4. The summed E-state index contributed by atoms with van der Waals surface area (Å²) in [5, 5.41) is 6.88. The summed E-state index contributed by atoms with van der Waals surface area (Å²) in [6, 6.07) is 13.9. The van der Waals surface area contributed by atoms with Crippen LogP contribution in [0.25, 0.3) is 0 Å². The number of carbonyl (C=O) groups excluding carboxylic acids is 2. The van der Waals surface area contributed by atoms with Gasteiger partial charge in [-0.25, -0.2) is 5.43 Å². The largest absolute Gasteiger partial charge is 0.399 e. The third-order valence-corrected chi connectivity index (χ3v) is 3.59. The quantitative estimate of drug-likeness (QED) is 0.444. The Morgan fingerprint density at radius 1 is 0.960 bits per heavy atom. The zero-order valence-corrected chi connectivity index (χ0v) is 14.5. The summed E-state index contributed by atoms with van der Waals surface area (Å²) in [5.74, 6) is -0.494. The first kappa shape index (κ1) is 18.2. The summed E-state index contributed by atoms with van der Waals surface area (Å²) in [6.07, 6.45) is 0. The lowest BCUT2D eigenvalue weighted by molar-refractivity contribution is -0.118. The third-order valence-electron chi connectivity index (χ3n) is 3.59. The van der Waals surface area contributed by atoms with Crippen molar-refractivity contribution in [3.05, 3.63) is 59.7 Å². The first-order valence-electron chi connectivity index (χ1n) is 7.98. The maximum atomic E-state index is 12.2. The van der Waals surface area contributed by atoms with E-state index in [0.717, 1.165) is 5.56 Å². The Labute approximate surface area is 147 Å². The Morgan fingerprint density at radius 2 is 1.52 bits per heavy atom. The zero-order valence-electron chi connectivity index (χ0n) is 14.5. The molecular formula is C19H22N4O2. The summed E-state index contributed by atoms with van der Waals surface area (Å²) >= 11 is 0. The summed E-state index contributed by atoms with van der Waals surface area (Å²) < 4.78 is 0. The number of hydrogen-bond donors (Lipinski definition) is 3. The second-order valence-corrected chi connectivity index (χ2v) is 5.98. The Bertz CT molecular complexity index is 778. The Kier molecular flexibility index (Phi) is 5.89. The Balaban J connectivity index is 1.99. The van der Waals surface area contributed by atoms with Crippen molar-refractivity contribution in [2.45, 2.75) is 20.8 Å². The molecule has 4 N–H and O–H groups in total. The molecule has 2 amide bonds. The lowest BCUT2D eigenvalue weighted by atomic mass is 10.1. The molecule has 0 fully saturated rings. The third kappa shape index (κ3) is 5.17. The molecule has 0 spiro atoms. The van der Waals surface area contributed by atoms with E-state index in [-0.39, 0.29) is 17.7 Å². The van der Waals surface area contributed by atoms with Crippen LogP contribution >= 0.6 is 0 Å². The predicted molar refractivity (Wildman–Crippen MR) is 100 cm³/mol. The van der Waals surface area contributed by atoms with E-state index >= 15 is 0 Å². The minimum absolute atomic E-state index is 0.0686. The fourth-order valence-corrected chi connectivity index (χ4v) is 1.98. The van der Waals surface area contributed by atoms with Crippen molar-refractivity contribution >= 4 is 28.9 Å². The Hall–Kier alpha value is -3.15. The molecule has 0 bridgehead atoms. The lowest BCUT2D eigenvalue weighted by Gasteiger charge is -2.08. The number of amides is 2. The molecule has 0 unspecified atom stereocenters. The highest BCUT2D eigenvalue weighted by Crippen LogP contribution is 2.11. The van der Waals surface area contributed by atoms with Crippen LogP contribution in [-0.4, -0.2) is 17.5 Å². The van der Waals surface area contributed by atoms with E-state index in [2.05, 4.69) is 15.8 Å². The van der Waals surface area contributed by atoms with E-state index in [1.54, 1.807) is 43.3 Å². The molecule has 6 heteroatoms. The summed E-state index contributed by atoms with van der Waals surface area (Å²) in [6.45, 7) is 5.44. The van der Waals surface area contributed by atoms with E-state index in [4.69, 9.17) is 5.73 Å². The molecule has 0 atom stereocenters. The van der Waals surface area contributed by atoms with Crippen molar-refractivity contribution in [1.82, 2.24) is 5.43 Å². The van der Waals surface area contributed by atoms with Crippen LogP contribution in [0.5, 0.6) is 0 Å². The highest BCUT2D eigenvalue weighted by Gasteiger charge is 2.09. The van der Waals surface area contributed by atoms with Crippen LogP contribution in [0.15, 0.2) is 53.6 Å². The van der Waals surface area contributed by atoms with Gasteiger partial charge in [0.15, 0.2) is 0 Å². The number of nitrogens with two attached hydrogens (primary N) is 1. The van der Waals surface area contributed by atoms with E-state index in [1.807, 2.05) is 26.0 Å². The van der Waals surface area contributed by atoms with Gasteiger partial charge in [-0.3, -0.25) is 9.59 Å². The smallest absolute Gasteiger partial charge is 0.271 e. The maximum Gasteiger partial charge on any atom is 0.271 e. The van der Waals surface area contributed by atoms with Gasteiger partial charge >= 0.3 is 0 Å². The van der Waals surface area contributed by atoms with Gasteiger partial charge in [0, 0.05) is 22.9 Å². The number of benzene rings is 2. The minimum Gasteiger partial charge on any atom is -0.399 e. The molecule has 0 aliphatic heterocycles. The van der Waals surface area contributed by atoms with E-state index in [9.17, 15) is 9.59 Å². The van der Waals surface area contributed by atoms with Gasteiger partial charge in [0.2, 0.25) is 5.91 Å². The molecule has 2 rings (SSSR count). The highest BCUT2D eigenvalue weighted by atomic mass is 16.2. The number of carbonyl (C=O) groups is 2. The first-order chi connectivity index (χ1) is 11.9. The number of anilines is 2. The van der Waals surface area contributed by atoms with Crippen molar-refractivity contribution in [1.29, 1.82) is 0 Å². The number of nitrogens with one attached hydrogen (secondary N) is 2. The molecule has 0 aliphatic rings. The molecular weight excluding hydrogens is 316 g/mol. The van der Waals surface area contributed by atoms with Gasteiger partial charge in [-0.15, -0.1) is 0 Å².